The zero-order valence-corrected chi connectivity index (χ0v) is 15.6. The molecule has 1 atom stereocenters. The molecule has 1 aliphatic heterocycles. The molecule has 25 heavy (non-hydrogen) atoms. The van der Waals surface area contributed by atoms with Crippen molar-refractivity contribution < 1.29 is 9.31 Å². The van der Waals surface area contributed by atoms with Gasteiger partial charge >= 0.3 is 155 Å². The van der Waals surface area contributed by atoms with Gasteiger partial charge in [-0.25, -0.2) is 0 Å². The van der Waals surface area contributed by atoms with Crippen LogP contribution in [0.4, 0.5) is 5.69 Å². The van der Waals surface area contributed by atoms with Crippen LogP contribution in [0.5, 0.6) is 0 Å². The fraction of sp³-hybridized carbons (Fsp3) is 0.136. The van der Waals surface area contributed by atoms with E-state index in [1.54, 1.807) is 0 Å². The molecule has 0 saturated carbocycles. The van der Waals surface area contributed by atoms with Gasteiger partial charge in [-0.2, -0.15) is 0 Å². The summed E-state index contributed by atoms with van der Waals surface area (Å²) >= 11 is 0.439. The molecule has 3 aromatic carbocycles. The first-order chi connectivity index (χ1) is 12.4. The van der Waals surface area contributed by atoms with Crippen molar-refractivity contribution in [3.8, 4) is 0 Å². The maximum atomic E-state index is 6.16. The molecule has 3 heteroatoms. The van der Waals surface area contributed by atoms with Crippen LogP contribution < -0.4 is 4.46 Å². The van der Waals surface area contributed by atoms with Gasteiger partial charge < -0.3 is 0 Å². The summed E-state index contributed by atoms with van der Waals surface area (Å²) in [7, 11) is 0. The standard InChI is InChI=1S/C22H20NOSe/c1-4-10-18(11-5-1)22-23(19-12-6-2-7-13-19)20(16-24-22)17-25-21-14-8-3-9-15-21/h1-15,20H,16-17H2/q+1. The molecule has 0 fully saturated rings. The molecule has 1 aliphatic rings. The number of ether oxygens (including phenoxy) is 1. The van der Waals surface area contributed by atoms with Crippen molar-refractivity contribution in [2.24, 2.45) is 0 Å². The Kier molecular flexibility index (Phi) is 4.96. The van der Waals surface area contributed by atoms with Crippen LogP contribution in [-0.4, -0.2) is 38.1 Å². The quantitative estimate of drug-likeness (QED) is 0.476. The average molecular weight is 393 g/mol. The Balaban J connectivity index is 1.66. The first kappa shape index (κ1) is 16.1. The molecule has 0 radical (unpaired) electrons. The predicted octanol–water partition coefficient (Wildman–Crippen LogP) is 3.62. The summed E-state index contributed by atoms with van der Waals surface area (Å²) in [4.78, 5) is 0. The van der Waals surface area contributed by atoms with Crippen LogP contribution in [0.15, 0.2) is 91.0 Å². The van der Waals surface area contributed by atoms with Crippen molar-refractivity contribution in [2.45, 2.75) is 11.4 Å². The van der Waals surface area contributed by atoms with Crippen LogP contribution in [-0.2, 0) is 4.74 Å². The van der Waals surface area contributed by atoms with E-state index in [0.717, 1.165) is 23.4 Å². The van der Waals surface area contributed by atoms with Crippen molar-refractivity contribution in [1.29, 1.82) is 0 Å². The van der Waals surface area contributed by atoms with Crippen molar-refractivity contribution in [1.82, 2.24) is 0 Å². The topological polar surface area (TPSA) is 12.2 Å². The third-order valence-electron chi connectivity index (χ3n) is 4.24. The van der Waals surface area contributed by atoms with Crippen LogP contribution in [0.2, 0.25) is 5.32 Å². The molecule has 124 valence electrons. The Labute approximate surface area is 154 Å². The molecule has 1 heterocycles. The van der Waals surface area contributed by atoms with E-state index in [4.69, 9.17) is 4.74 Å². The number of benzene rings is 3. The summed E-state index contributed by atoms with van der Waals surface area (Å²) in [5.74, 6) is 0.973. The number of hydrogen-bond donors (Lipinski definition) is 0. The number of nitrogens with zero attached hydrogens (tertiary/aromatic N) is 1. The van der Waals surface area contributed by atoms with Gasteiger partial charge in [0.05, 0.1) is 0 Å². The van der Waals surface area contributed by atoms with E-state index in [2.05, 4.69) is 89.5 Å². The van der Waals surface area contributed by atoms with Gasteiger partial charge in [0, 0.05) is 0 Å². The molecule has 1 unspecified atom stereocenters. The second-order valence-corrected chi connectivity index (χ2v) is 8.26. The Hall–Kier alpha value is -2.35. The van der Waals surface area contributed by atoms with Crippen molar-refractivity contribution in [3.63, 3.8) is 0 Å². The molecule has 0 aromatic heterocycles. The normalized spacial score (nSPS) is 16.7. The summed E-state index contributed by atoms with van der Waals surface area (Å²) in [6, 6.07) is 32.2. The van der Waals surface area contributed by atoms with Gasteiger partial charge in [0.15, 0.2) is 0 Å². The molecule has 2 nitrogen and oxygen atoms in total. The molecule has 0 aliphatic carbocycles. The first-order valence-electron chi connectivity index (χ1n) is 8.49. The summed E-state index contributed by atoms with van der Waals surface area (Å²) in [6.07, 6.45) is 0. The van der Waals surface area contributed by atoms with E-state index in [9.17, 15) is 0 Å². The van der Waals surface area contributed by atoms with Gasteiger partial charge in [-0.3, -0.25) is 0 Å². The number of hydrogen-bond acceptors (Lipinski definition) is 1. The van der Waals surface area contributed by atoms with Crippen LogP contribution >= 0.6 is 0 Å². The number of para-hydroxylation sites is 1. The zero-order chi connectivity index (χ0) is 16.9. The second kappa shape index (κ2) is 7.69. The molecular formula is C22H20NOSe+. The fourth-order valence-corrected chi connectivity index (χ4v) is 5.09. The second-order valence-electron chi connectivity index (χ2n) is 5.97. The Bertz CT molecular complexity index is 847. The third kappa shape index (κ3) is 3.68. The van der Waals surface area contributed by atoms with Gasteiger partial charge in [0.25, 0.3) is 0 Å². The van der Waals surface area contributed by atoms with E-state index >= 15 is 0 Å². The molecule has 0 bridgehead atoms. The van der Waals surface area contributed by atoms with Gasteiger partial charge in [0.1, 0.15) is 0 Å². The van der Waals surface area contributed by atoms with Gasteiger partial charge in [-0.15, -0.1) is 0 Å². The predicted molar refractivity (Wildman–Crippen MR) is 103 cm³/mol. The molecule has 3 aromatic rings. The van der Waals surface area contributed by atoms with E-state index < -0.39 is 0 Å². The number of rotatable bonds is 5. The molecule has 0 N–H and O–H groups in total. The molecule has 0 saturated heterocycles. The SMILES string of the molecule is c1ccc([Se]CC2COC(c3ccccc3)=[N+]2c2ccccc2)cc1. The average Bonchev–Trinajstić information content (AvgIpc) is 3.12. The van der Waals surface area contributed by atoms with E-state index in [1.165, 1.54) is 10.1 Å². The van der Waals surface area contributed by atoms with Crippen LogP contribution in [0.25, 0.3) is 0 Å². The van der Waals surface area contributed by atoms with E-state index in [-0.39, 0.29) is 0 Å². The van der Waals surface area contributed by atoms with Gasteiger partial charge in [-0.1, -0.05) is 0 Å². The molecule has 0 spiro atoms. The Morgan fingerprint density at radius 2 is 1.40 bits per heavy atom. The summed E-state index contributed by atoms with van der Waals surface area (Å²) < 4.78 is 9.98. The van der Waals surface area contributed by atoms with Crippen molar-refractivity contribution in [2.75, 3.05) is 6.61 Å². The Morgan fingerprint density at radius 3 is 2.08 bits per heavy atom. The van der Waals surface area contributed by atoms with Crippen molar-refractivity contribution >= 4 is 31.0 Å². The molecule has 0 amide bonds. The van der Waals surface area contributed by atoms with Crippen LogP contribution in [0.1, 0.15) is 5.56 Å². The van der Waals surface area contributed by atoms with E-state index in [1.807, 2.05) is 6.07 Å². The van der Waals surface area contributed by atoms with Gasteiger partial charge in [0.2, 0.25) is 0 Å². The monoisotopic (exact) mass is 394 g/mol. The van der Waals surface area contributed by atoms with Crippen molar-refractivity contribution in [3.05, 3.63) is 96.6 Å². The minimum absolute atomic E-state index is 0.373. The van der Waals surface area contributed by atoms with Gasteiger partial charge in [-0.05, 0) is 0 Å². The van der Waals surface area contributed by atoms with Crippen LogP contribution in [0.3, 0.4) is 0 Å². The van der Waals surface area contributed by atoms with E-state index in [0.29, 0.717) is 21.0 Å². The minimum atomic E-state index is 0.373. The van der Waals surface area contributed by atoms with Crippen LogP contribution in [0, 0.1) is 0 Å². The third-order valence-corrected chi connectivity index (χ3v) is 6.66. The molecular weight excluding hydrogens is 373 g/mol. The fourth-order valence-electron chi connectivity index (χ4n) is 3.04. The first-order valence-corrected chi connectivity index (χ1v) is 10.6. The zero-order valence-electron chi connectivity index (χ0n) is 13.9. The summed E-state index contributed by atoms with van der Waals surface area (Å²) in [6.45, 7) is 0.744. The summed E-state index contributed by atoms with van der Waals surface area (Å²) in [5.41, 5.74) is 2.34. The maximum absolute atomic E-state index is 6.16. The Morgan fingerprint density at radius 1 is 0.800 bits per heavy atom. The molecule has 4 rings (SSSR count). The summed E-state index contributed by atoms with van der Waals surface area (Å²) in [5, 5.41) is 1.13.